The van der Waals surface area contributed by atoms with Gasteiger partial charge in [0, 0.05) is 35.4 Å². The molecule has 3 aromatic carbocycles. The van der Waals surface area contributed by atoms with Crippen LogP contribution in [-0.2, 0) is 11.0 Å². The number of ketones is 1. The first-order valence-electron chi connectivity index (χ1n) is 15.2. The number of carbonyl (C=O) groups excluding carboxylic acids is 3. The molecule has 240 valence electrons. The van der Waals surface area contributed by atoms with Crippen molar-refractivity contribution >= 4 is 23.4 Å². The molecule has 2 heterocycles. The molecule has 0 saturated heterocycles. The van der Waals surface area contributed by atoms with Gasteiger partial charge in [0.05, 0.1) is 17.3 Å². The maximum atomic E-state index is 14.4. The lowest BCUT2D eigenvalue weighted by Gasteiger charge is -2.38. The van der Waals surface area contributed by atoms with Crippen LogP contribution in [0.3, 0.4) is 0 Å². The molecular weight excluding hydrogens is 614 g/mol. The number of amides is 2. The molecule has 0 spiro atoms. The van der Waals surface area contributed by atoms with Gasteiger partial charge in [0.25, 0.3) is 11.8 Å². The van der Waals surface area contributed by atoms with E-state index in [0.29, 0.717) is 48.0 Å². The normalized spacial score (nSPS) is 20.9. The lowest BCUT2D eigenvalue weighted by atomic mass is 9.79. The molecule has 0 bridgehead atoms. The predicted octanol–water partition coefficient (Wildman–Crippen LogP) is 6.45. The van der Waals surface area contributed by atoms with Crippen molar-refractivity contribution in [3.8, 4) is 11.8 Å². The van der Waals surface area contributed by atoms with Crippen LogP contribution in [-0.4, -0.2) is 40.0 Å². The molecule has 1 aliphatic carbocycles. The van der Waals surface area contributed by atoms with Crippen molar-refractivity contribution in [3.05, 3.63) is 113 Å². The number of likely N-dealkylation sites (N-methyl/N-ethyl adjacent to an activating group) is 1. The highest BCUT2D eigenvalue weighted by atomic mass is 19.4. The van der Waals surface area contributed by atoms with E-state index in [0.717, 1.165) is 12.1 Å². The summed E-state index contributed by atoms with van der Waals surface area (Å²) in [5.74, 6) is -3.98. The molecule has 1 unspecified atom stereocenters. The molecule has 1 fully saturated rings. The number of anilines is 1. The van der Waals surface area contributed by atoms with Crippen molar-refractivity contribution in [2.24, 2.45) is 11.8 Å². The third-order valence-electron chi connectivity index (χ3n) is 8.83. The lowest BCUT2D eigenvalue weighted by molar-refractivity contribution is -0.137. The van der Waals surface area contributed by atoms with E-state index >= 15 is 0 Å². The minimum absolute atomic E-state index is 0.0473. The molecule has 12 heteroatoms. The molecule has 1 N–H and O–H groups in total. The molecule has 1 aliphatic heterocycles. The van der Waals surface area contributed by atoms with E-state index in [1.165, 1.54) is 39.9 Å². The zero-order valence-corrected chi connectivity index (χ0v) is 25.2. The van der Waals surface area contributed by atoms with E-state index in [2.05, 4.69) is 11.4 Å². The second-order valence-electron chi connectivity index (χ2n) is 11.7. The van der Waals surface area contributed by atoms with Crippen molar-refractivity contribution in [1.82, 2.24) is 15.1 Å². The van der Waals surface area contributed by atoms with Gasteiger partial charge in [-0.3, -0.25) is 19.3 Å². The third-order valence-corrected chi connectivity index (χ3v) is 8.83. The molecule has 8 nitrogen and oxygen atoms in total. The first-order chi connectivity index (χ1) is 22.5. The highest BCUT2D eigenvalue weighted by Gasteiger charge is 2.48. The number of hydrogen-bond donors (Lipinski definition) is 1. The van der Waals surface area contributed by atoms with Crippen LogP contribution in [0.1, 0.15) is 69.6 Å². The Balaban J connectivity index is 1.55. The number of fused-ring (bicyclic) bond motifs is 1. The van der Waals surface area contributed by atoms with Crippen LogP contribution in [0.25, 0.3) is 5.69 Å². The summed E-state index contributed by atoms with van der Waals surface area (Å²) in [6.07, 6.45) is -3.34. The summed E-state index contributed by atoms with van der Waals surface area (Å²) in [6.45, 7) is 1.81. The summed E-state index contributed by atoms with van der Waals surface area (Å²) >= 11 is 0. The van der Waals surface area contributed by atoms with Gasteiger partial charge in [0.2, 0.25) is 0 Å². The van der Waals surface area contributed by atoms with Crippen molar-refractivity contribution in [2.75, 3.05) is 11.4 Å². The summed E-state index contributed by atoms with van der Waals surface area (Å²) in [4.78, 5) is 43.6. The van der Waals surface area contributed by atoms with Gasteiger partial charge in [-0.1, -0.05) is 36.4 Å². The van der Waals surface area contributed by atoms with E-state index in [9.17, 15) is 37.2 Å². The van der Waals surface area contributed by atoms with E-state index in [1.54, 1.807) is 37.3 Å². The number of para-hydroxylation sites is 1. The van der Waals surface area contributed by atoms with Gasteiger partial charge in [-0.15, -0.1) is 0 Å². The second kappa shape index (κ2) is 12.5. The Morgan fingerprint density at radius 3 is 2.38 bits per heavy atom. The first-order valence-corrected chi connectivity index (χ1v) is 15.2. The second-order valence-corrected chi connectivity index (χ2v) is 11.7. The average molecular weight is 644 g/mol. The van der Waals surface area contributed by atoms with E-state index in [4.69, 9.17) is 5.10 Å². The number of benzene rings is 3. The zero-order chi connectivity index (χ0) is 33.5. The number of alkyl halides is 3. The summed E-state index contributed by atoms with van der Waals surface area (Å²) in [6, 6.07) is 18.8. The number of Topliss-reactive ketones (excluding diaryl/α,β-unsaturated/α-hetero) is 1. The van der Waals surface area contributed by atoms with Gasteiger partial charge in [0.15, 0.2) is 5.78 Å². The number of rotatable bonds is 7. The van der Waals surface area contributed by atoms with Crippen molar-refractivity contribution < 1.29 is 31.9 Å². The number of aromatic nitrogens is 2. The van der Waals surface area contributed by atoms with Crippen LogP contribution < -0.4 is 10.2 Å². The van der Waals surface area contributed by atoms with Crippen LogP contribution >= 0.6 is 0 Å². The quantitative estimate of drug-likeness (QED) is 0.184. The molecule has 0 radical (unpaired) electrons. The van der Waals surface area contributed by atoms with E-state index in [1.807, 2.05) is 0 Å². The summed E-state index contributed by atoms with van der Waals surface area (Å²) in [7, 11) is 0. The van der Waals surface area contributed by atoms with Crippen LogP contribution in [0.5, 0.6) is 0 Å². The highest BCUT2D eigenvalue weighted by Crippen LogP contribution is 2.45. The Morgan fingerprint density at radius 2 is 1.74 bits per heavy atom. The summed E-state index contributed by atoms with van der Waals surface area (Å²) < 4.78 is 56.1. The fourth-order valence-electron chi connectivity index (χ4n) is 6.55. The molecule has 4 aromatic rings. The van der Waals surface area contributed by atoms with Crippen LogP contribution in [0.15, 0.2) is 78.9 Å². The van der Waals surface area contributed by atoms with Crippen molar-refractivity contribution in [3.63, 3.8) is 0 Å². The lowest BCUT2D eigenvalue weighted by Crippen LogP contribution is -2.55. The average Bonchev–Trinajstić information content (AvgIpc) is 3.71. The SMILES string of the molecule is CCN1C(=O)[C@@H](NC(=O)c2cccc(C(F)(F)F)c2)[C@@H](c2ccc(F)cc2)c2c(C(=O)C3CC[C@@H](C#N)C3)nn(-c3ccccc3)c21. The Hall–Kier alpha value is -5.31. The predicted molar refractivity (Wildman–Crippen MR) is 163 cm³/mol. The van der Waals surface area contributed by atoms with Gasteiger partial charge in [-0.2, -0.15) is 23.5 Å². The monoisotopic (exact) mass is 643 g/mol. The Labute approximate surface area is 267 Å². The maximum absolute atomic E-state index is 14.4. The van der Waals surface area contributed by atoms with Gasteiger partial charge < -0.3 is 5.32 Å². The molecule has 6 rings (SSSR count). The van der Waals surface area contributed by atoms with Gasteiger partial charge in [-0.05, 0) is 74.2 Å². The van der Waals surface area contributed by atoms with Crippen LogP contribution in [0.2, 0.25) is 0 Å². The minimum Gasteiger partial charge on any atom is -0.339 e. The van der Waals surface area contributed by atoms with Crippen LogP contribution in [0, 0.1) is 29.0 Å². The van der Waals surface area contributed by atoms with Crippen molar-refractivity contribution in [2.45, 2.75) is 44.3 Å². The Kier molecular flexibility index (Phi) is 8.40. The van der Waals surface area contributed by atoms with Crippen molar-refractivity contribution in [1.29, 1.82) is 5.26 Å². The Bertz CT molecular complexity index is 1880. The molecule has 2 amide bonds. The number of nitriles is 1. The van der Waals surface area contributed by atoms with E-state index in [-0.39, 0.29) is 29.5 Å². The number of carbonyl (C=O) groups is 3. The summed E-state index contributed by atoms with van der Waals surface area (Å²) in [5, 5.41) is 16.9. The molecule has 1 aromatic heterocycles. The molecular formula is C35H29F4N5O3. The highest BCUT2D eigenvalue weighted by molar-refractivity contribution is 6.08. The number of nitrogens with one attached hydrogen (secondary N) is 1. The summed E-state index contributed by atoms with van der Waals surface area (Å²) in [5.41, 5.74) is -0.0394. The molecule has 2 aliphatic rings. The fourth-order valence-corrected chi connectivity index (χ4v) is 6.55. The van der Waals surface area contributed by atoms with Crippen LogP contribution in [0.4, 0.5) is 23.4 Å². The third kappa shape index (κ3) is 5.89. The Morgan fingerprint density at radius 1 is 1.02 bits per heavy atom. The zero-order valence-electron chi connectivity index (χ0n) is 25.2. The number of hydrogen-bond acceptors (Lipinski definition) is 5. The molecule has 4 atom stereocenters. The number of nitrogens with zero attached hydrogens (tertiary/aromatic N) is 4. The standard InChI is InChI=1S/C35H29F4N5O3/c1-2-43-33-28(29(31(45)22-12-11-20(17-22)19-40)42-44(33)26-9-4-3-5-10-26)27(21-13-15-25(36)16-14-21)30(34(43)47)41-32(46)23-7-6-8-24(18-23)35(37,38)39/h3-10,13-16,18,20,22,27,30H,2,11-12,17H2,1H3,(H,41,46)/t20-,22?,27+,30+/m1/s1. The topological polar surface area (TPSA) is 108 Å². The molecule has 1 saturated carbocycles. The largest absolute Gasteiger partial charge is 0.416 e. The smallest absolute Gasteiger partial charge is 0.339 e. The maximum Gasteiger partial charge on any atom is 0.416 e. The van der Waals surface area contributed by atoms with Gasteiger partial charge in [0.1, 0.15) is 23.4 Å². The minimum atomic E-state index is -4.70. The van der Waals surface area contributed by atoms with E-state index < -0.39 is 47.2 Å². The first kappa shape index (κ1) is 31.7. The fraction of sp³-hybridized carbons (Fsp3) is 0.286. The number of halogens is 4. The van der Waals surface area contributed by atoms with Gasteiger partial charge >= 0.3 is 6.18 Å². The van der Waals surface area contributed by atoms with Gasteiger partial charge in [-0.25, -0.2) is 9.07 Å². The molecule has 47 heavy (non-hydrogen) atoms.